The van der Waals surface area contributed by atoms with E-state index in [-0.39, 0.29) is 11.5 Å². The molecular formula is C31H44O18. The summed E-state index contributed by atoms with van der Waals surface area (Å²) in [6.07, 6.45) is -14.8. The van der Waals surface area contributed by atoms with Crippen LogP contribution in [0.1, 0.15) is 26.7 Å². The quantitative estimate of drug-likeness (QED) is 0.0856. The van der Waals surface area contributed by atoms with E-state index in [0.29, 0.717) is 12.8 Å². The third-order valence-corrected chi connectivity index (χ3v) is 11.4. The number of epoxide rings is 1. The number of hydrogen-bond acceptors (Lipinski definition) is 18. The first kappa shape index (κ1) is 35.4. The lowest BCUT2D eigenvalue weighted by molar-refractivity contribution is -0.350. The number of carbonyl (C=O) groups excluding carboxylic acids is 1. The molecule has 9 N–H and O–H groups in total. The van der Waals surface area contributed by atoms with Crippen LogP contribution < -0.4 is 0 Å². The largest absolute Gasteiger partial charge is 0.472 e. The lowest BCUT2D eigenvalue weighted by Crippen LogP contribution is -2.62. The van der Waals surface area contributed by atoms with Gasteiger partial charge in [0.15, 0.2) is 18.7 Å². The van der Waals surface area contributed by atoms with Crippen LogP contribution in [0.5, 0.6) is 0 Å². The fourth-order valence-corrected chi connectivity index (χ4v) is 8.48. The van der Waals surface area contributed by atoms with Gasteiger partial charge < -0.3 is 83.9 Å². The van der Waals surface area contributed by atoms with Gasteiger partial charge in [-0.3, -0.25) is 0 Å². The van der Waals surface area contributed by atoms with Gasteiger partial charge in [-0.25, -0.2) is 4.79 Å². The van der Waals surface area contributed by atoms with Gasteiger partial charge in [-0.15, -0.1) is 0 Å². The molecule has 0 bridgehead atoms. The minimum absolute atomic E-state index is 0.0229. The van der Waals surface area contributed by atoms with Gasteiger partial charge >= 0.3 is 5.97 Å². The summed E-state index contributed by atoms with van der Waals surface area (Å²) in [5.74, 6) is -2.66. The standard InChI is InChI=1S/C31H44O18/c1-10-3-4-11-12(9-43-26(15(10)11)47-27-20(38)18(36)16(34)13(7-32)44-27)25(40)46-24-23-30(2,49-23)22-29(42-6-5-31(22,24)41)48-28-21(39)19(37)17(35)14(8-33)45-28/h5-6,9-11,13-24,26-29,32-39,41H,3-4,7-8H2,1-2H3. The molecule has 49 heavy (non-hydrogen) atoms. The minimum Gasteiger partial charge on any atom is -0.472 e. The molecule has 5 aliphatic heterocycles. The van der Waals surface area contributed by atoms with Crippen LogP contribution in [0.25, 0.3) is 0 Å². The number of aliphatic hydroxyl groups excluding tert-OH is 8. The minimum atomic E-state index is -1.88. The Balaban J connectivity index is 1.06. The van der Waals surface area contributed by atoms with E-state index < -0.39 is 134 Å². The first-order valence-corrected chi connectivity index (χ1v) is 16.5. The van der Waals surface area contributed by atoms with Gasteiger partial charge in [-0.2, -0.15) is 0 Å². The summed E-state index contributed by atoms with van der Waals surface area (Å²) in [5, 5.41) is 92.8. The molecule has 0 aromatic rings. The lowest BCUT2D eigenvalue weighted by Gasteiger charge is -2.45. The van der Waals surface area contributed by atoms with Crippen molar-refractivity contribution in [2.75, 3.05) is 13.2 Å². The molecule has 0 aromatic carbocycles. The maximum atomic E-state index is 13.8. The van der Waals surface area contributed by atoms with Crippen molar-refractivity contribution < 1.29 is 88.6 Å². The van der Waals surface area contributed by atoms with Crippen molar-refractivity contribution in [2.45, 2.75) is 124 Å². The number of rotatable bonds is 8. The third kappa shape index (κ3) is 5.61. The number of esters is 1. The summed E-state index contributed by atoms with van der Waals surface area (Å²) in [5.41, 5.74) is -2.81. The maximum absolute atomic E-state index is 13.8. The second-order valence-corrected chi connectivity index (χ2v) is 14.2. The molecule has 0 radical (unpaired) electrons. The van der Waals surface area contributed by atoms with Gasteiger partial charge in [0.05, 0.1) is 37.2 Å². The van der Waals surface area contributed by atoms with Crippen LogP contribution in [-0.4, -0.2) is 163 Å². The Morgan fingerprint density at radius 2 is 1.43 bits per heavy atom. The first-order valence-electron chi connectivity index (χ1n) is 16.5. The van der Waals surface area contributed by atoms with Crippen molar-refractivity contribution in [3.63, 3.8) is 0 Å². The van der Waals surface area contributed by atoms with E-state index >= 15 is 0 Å². The van der Waals surface area contributed by atoms with E-state index in [4.69, 9.17) is 37.9 Å². The summed E-state index contributed by atoms with van der Waals surface area (Å²) in [6, 6.07) is 0. The van der Waals surface area contributed by atoms with E-state index in [1.54, 1.807) is 6.92 Å². The van der Waals surface area contributed by atoms with Crippen molar-refractivity contribution in [2.24, 2.45) is 23.7 Å². The van der Waals surface area contributed by atoms with Crippen molar-refractivity contribution in [3.05, 3.63) is 24.2 Å². The van der Waals surface area contributed by atoms with Crippen molar-refractivity contribution in [1.29, 1.82) is 0 Å². The SMILES string of the molecule is CC1CCC2C(C(=O)OC3C4OC4(C)C4C(OC5OC(CO)C(O)C(O)C5O)OC=CC34O)=COC(OC3OC(CO)C(O)C(O)C3O)C12. The number of hydrogen-bond donors (Lipinski definition) is 9. The summed E-state index contributed by atoms with van der Waals surface area (Å²) in [7, 11) is 0. The van der Waals surface area contributed by atoms with Gasteiger partial charge in [0.2, 0.25) is 12.6 Å². The summed E-state index contributed by atoms with van der Waals surface area (Å²) < 4.78 is 46.1. The molecule has 7 aliphatic rings. The van der Waals surface area contributed by atoms with E-state index in [1.165, 1.54) is 12.3 Å². The molecule has 20 unspecified atom stereocenters. The van der Waals surface area contributed by atoms with Gasteiger partial charge in [0, 0.05) is 11.8 Å². The molecular weight excluding hydrogens is 660 g/mol. The average molecular weight is 705 g/mol. The molecule has 0 amide bonds. The predicted molar refractivity (Wildman–Crippen MR) is 154 cm³/mol. The predicted octanol–water partition coefficient (Wildman–Crippen LogP) is -4.18. The molecule has 18 heteroatoms. The molecule has 2 saturated carbocycles. The number of aliphatic hydroxyl groups is 9. The van der Waals surface area contributed by atoms with E-state index in [0.717, 1.165) is 6.26 Å². The van der Waals surface area contributed by atoms with Crippen LogP contribution in [0.2, 0.25) is 0 Å². The monoisotopic (exact) mass is 704 g/mol. The fraction of sp³-hybridized carbons (Fsp3) is 0.839. The molecule has 0 spiro atoms. The second-order valence-electron chi connectivity index (χ2n) is 14.2. The Bertz CT molecular complexity index is 1310. The normalized spacial score (nSPS) is 54.6. The van der Waals surface area contributed by atoms with E-state index in [9.17, 15) is 50.8 Å². The van der Waals surface area contributed by atoms with Crippen molar-refractivity contribution >= 4 is 5.97 Å². The van der Waals surface area contributed by atoms with Crippen LogP contribution in [0.4, 0.5) is 0 Å². The first-order chi connectivity index (χ1) is 23.2. The topological polar surface area (TPSA) is 276 Å². The van der Waals surface area contributed by atoms with Crippen LogP contribution in [-0.2, 0) is 42.7 Å². The molecule has 276 valence electrons. The molecule has 3 saturated heterocycles. The molecule has 0 aromatic heterocycles. The Labute approximate surface area is 279 Å². The zero-order valence-corrected chi connectivity index (χ0v) is 26.7. The molecule has 18 nitrogen and oxygen atoms in total. The molecule has 5 heterocycles. The molecule has 7 rings (SSSR count). The fourth-order valence-electron chi connectivity index (χ4n) is 8.48. The number of fused-ring (bicyclic) bond motifs is 4. The van der Waals surface area contributed by atoms with Crippen LogP contribution >= 0.6 is 0 Å². The van der Waals surface area contributed by atoms with Gasteiger partial charge in [0.25, 0.3) is 0 Å². The zero-order valence-electron chi connectivity index (χ0n) is 26.7. The molecule has 5 fully saturated rings. The summed E-state index contributed by atoms with van der Waals surface area (Å²) in [6.45, 7) is 2.31. The van der Waals surface area contributed by atoms with Gasteiger partial charge in [-0.1, -0.05) is 6.92 Å². The van der Waals surface area contributed by atoms with Crippen LogP contribution in [0, 0.1) is 23.7 Å². The molecule has 20 atom stereocenters. The van der Waals surface area contributed by atoms with Gasteiger partial charge in [-0.05, 0) is 31.8 Å². The number of ether oxygens (including phenoxy) is 8. The van der Waals surface area contributed by atoms with Gasteiger partial charge in [0.1, 0.15) is 66.1 Å². The lowest BCUT2D eigenvalue weighted by atomic mass is 9.82. The third-order valence-electron chi connectivity index (χ3n) is 11.4. The smallest absolute Gasteiger partial charge is 0.337 e. The Hall–Kier alpha value is -2.01. The Morgan fingerprint density at radius 1 is 0.837 bits per heavy atom. The van der Waals surface area contributed by atoms with Crippen molar-refractivity contribution in [1.82, 2.24) is 0 Å². The average Bonchev–Trinajstić information content (AvgIpc) is 3.52. The Kier molecular flexibility index (Phi) is 9.31. The van der Waals surface area contributed by atoms with E-state index in [1.807, 2.05) is 6.92 Å². The zero-order chi connectivity index (χ0) is 35.2. The highest BCUT2D eigenvalue weighted by Crippen LogP contribution is 2.62. The highest BCUT2D eigenvalue weighted by atomic mass is 16.8. The number of carbonyl (C=O) groups is 1. The Morgan fingerprint density at radius 3 is 2.02 bits per heavy atom. The highest BCUT2D eigenvalue weighted by molar-refractivity contribution is 5.89. The van der Waals surface area contributed by atoms with Crippen LogP contribution in [0.15, 0.2) is 24.2 Å². The van der Waals surface area contributed by atoms with E-state index in [2.05, 4.69) is 0 Å². The summed E-state index contributed by atoms with van der Waals surface area (Å²) >= 11 is 0. The van der Waals surface area contributed by atoms with Crippen LogP contribution in [0.3, 0.4) is 0 Å². The summed E-state index contributed by atoms with van der Waals surface area (Å²) in [4.78, 5) is 13.8. The van der Waals surface area contributed by atoms with Crippen molar-refractivity contribution in [3.8, 4) is 0 Å². The highest BCUT2D eigenvalue weighted by Gasteiger charge is 2.81. The molecule has 2 aliphatic carbocycles. The maximum Gasteiger partial charge on any atom is 0.337 e. The second kappa shape index (κ2) is 12.9.